The third kappa shape index (κ3) is 2.09. The van der Waals surface area contributed by atoms with Crippen molar-refractivity contribution in [1.29, 1.82) is 0 Å². The molecule has 13 heavy (non-hydrogen) atoms. The van der Waals surface area contributed by atoms with E-state index in [9.17, 15) is 14.9 Å². The zero-order chi connectivity index (χ0) is 9.84. The van der Waals surface area contributed by atoms with Crippen LogP contribution in [0.15, 0.2) is 24.3 Å². The van der Waals surface area contributed by atoms with Gasteiger partial charge in [0.15, 0.2) is 0 Å². The maximum atomic E-state index is 11.1. The molecule has 0 atom stereocenters. The Labute approximate surface area is 74.5 Å². The highest BCUT2D eigenvalue weighted by Crippen LogP contribution is 2.11. The summed E-state index contributed by atoms with van der Waals surface area (Å²) in [6.45, 7) is 0. The van der Waals surface area contributed by atoms with E-state index in [0.29, 0.717) is 5.56 Å². The van der Waals surface area contributed by atoms with E-state index in [4.69, 9.17) is 0 Å². The first kappa shape index (κ1) is 9.34. The SMILES string of the molecule is C[NH2+]C(=O)c1cccc([N+](=O)[O-])c1. The summed E-state index contributed by atoms with van der Waals surface area (Å²) < 4.78 is 0. The monoisotopic (exact) mass is 181 g/mol. The summed E-state index contributed by atoms with van der Waals surface area (Å²) in [7, 11) is 1.60. The molecule has 1 rings (SSSR count). The number of benzene rings is 1. The molecular weight excluding hydrogens is 172 g/mol. The molecule has 5 heteroatoms. The lowest BCUT2D eigenvalue weighted by Gasteiger charge is -1.94. The largest absolute Gasteiger partial charge is 0.342 e. The van der Waals surface area contributed by atoms with Crippen LogP contribution in [-0.2, 0) is 0 Å². The summed E-state index contributed by atoms with van der Waals surface area (Å²) in [4.78, 5) is 20.9. The van der Waals surface area contributed by atoms with E-state index < -0.39 is 4.92 Å². The van der Waals surface area contributed by atoms with E-state index in [0.717, 1.165) is 0 Å². The molecular formula is C8H9N2O3+. The maximum Gasteiger partial charge on any atom is 0.342 e. The minimum atomic E-state index is -0.521. The number of nitro benzene ring substituents is 1. The van der Waals surface area contributed by atoms with Gasteiger partial charge in [0.05, 0.1) is 17.5 Å². The fourth-order valence-electron chi connectivity index (χ4n) is 0.939. The molecule has 1 amide bonds. The molecule has 0 heterocycles. The summed E-state index contributed by atoms with van der Waals surface area (Å²) in [6.07, 6.45) is 0. The fraction of sp³-hybridized carbons (Fsp3) is 0.125. The molecule has 0 aromatic heterocycles. The van der Waals surface area contributed by atoms with Crippen LogP contribution in [0.5, 0.6) is 0 Å². The van der Waals surface area contributed by atoms with Crippen LogP contribution in [-0.4, -0.2) is 17.9 Å². The summed E-state index contributed by atoms with van der Waals surface area (Å²) in [5.41, 5.74) is 0.282. The van der Waals surface area contributed by atoms with Crippen molar-refractivity contribution >= 4 is 11.6 Å². The second-order valence-electron chi connectivity index (χ2n) is 2.46. The Kier molecular flexibility index (Phi) is 2.71. The Bertz CT molecular complexity index is 349. The first-order chi connectivity index (χ1) is 6.15. The number of nitrogens with two attached hydrogens (primary N) is 1. The molecule has 0 aliphatic heterocycles. The zero-order valence-corrected chi connectivity index (χ0v) is 7.06. The standard InChI is InChI=1S/C8H8N2O3/c1-9-8(11)6-3-2-4-7(5-6)10(12)13/h2-5H,1H3,(H,9,11)/p+1. The molecule has 0 aliphatic carbocycles. The van der Waals surface area contributed by atoms with Gasteiger partial charge < -0.3 is 0 Å². The van der Waals surface area contributed by atoms with E-state index in [-0.39, 0.29) is 11.6 Å². The van der Waals surface area contributed by atoms with Crippen molar-refractivity contribution in [2.75, 3.05) is 7.05 Å². The summed E-state index contributed by atoms with van der Waals surface area (Å²) in [6, 6.07) is 5.67. The van der Waals surface area contributed by atoms with Crippen molar-refractivity contribution in [3.8, 4) is 0 Å². The van der Waals surface area contributed by atoms with Gasteiger partial charge >= 0.3 is 5.91 Å². The van der Waals surface area contributed by atoms with Gasteiger partial charge in [0, 0.05) is 12.1 Å². The van der Waals surface area contributed by atoms with Crippen molar-refractivity contribution in [3.63, 3.8) is 0 Å². The molecule has 0 radical (unpaired) electrons. The second kappa shape index (κ2) is 3.77. The van der Waals surface area contributed by atoms with Gasteiger partial charge in [-0.25, -0.2) is 4.79 Å². The molecule has 0 unspecified atom stereocenters. The first-order valence-electron chi connectivity index (χ1n) is 3.73. The molecule has 2 N–H and O–H groups in total. The Morgan fingerprint density at radius 1 is 1.54 bits per heavy atom. The highest BCUT2D eigenvalue weighted by atomic mass is 16.6. The average Bonchev–Trinajstić information content (AvgIpc) is 2.17. The number of carbonyl (C=O) groups excluding carboxylic acids is 1. The first-order valence-corrected chi connectivity index (χ1v) is 3.73. The van der Waals surface area contributed by atoms with E-state index in [1.54, 1.807) is 13.1 Å². The van der Waals surface area contributed by atoms with Crippen LogP contribution in [0.1, 0.15) is 10.4 Å². The number of carbonyl (C=O) groups is 1. The van der Waals surface area contributed by atoms with E-state index in [1.807, 2.05) is 0 Å². The number of primary amides is 1. The van der Waals surface area contributed by atoms with Gasteiger partial charge in [-0.05, 0) is 6.07 Å². The molecule has 0 saturated heterocycles. The zero-order valence-electron chi connectivity index (χ0n) is 7.06. The van der Waals surface area contributed by atoms with Crippen molar-refractivity contribution in [2.45, 2.75) is 0 Å². The Hall–Kier alpha value is -1.75. The van der Waals surface area contributed by atoms with Crippen LogP contribution < -0.4 is 5.32 Å². The molecule has 0 saturated carbocycles. The quantitative estimate of drug-likeness (QED) is 0.512. The number of non-ortho nitro benzene ring substituents is 1. The van der Waals surface area contributed by atoms with Crippen molar-refractivity contribution < 1.29 is 15.0 Å². The lowest BCUT2D eigenvalue weighted by atomic mass is 10.2. The highest BCUT2D eigenvalue weighted by Gasteiger charge is 2.11. The predicted molar refractivity (Wildman–Crippen MR) is 45.3 cm³/mol. The molecule has 5 nitrogen and oxygen atoms in total. The number of quaternary nitrogens is 1. The number of rotatable bonds is 2. The van der Waals surface area contributed by atoms with Crippen molar-refractivity contribution in [3.05, 3.63) is 39.9 Å². The molecule has 0 spiro atoms. The van der Waals surface area contributed by atoms with Crippen molar-refractivity contribution in [2.24, 2.45) is 0 Å². The number of amides is 1. The maximum absolute atomic E-state index is 11.1. The number of nitro groups is 1. The summed E-state index contributed by atoms with van der Waals surface area (Å²) in [5, 5.41) is 11.7. The Morgan fingerprint density at radius 2 is 2.23 bits per heavy atom. The smallest absolute Gasteiger partial charge is 0.281 e. The van der Waals surface area contributed by atoms with Crippen LogP contribution >= 0.6 is 0 Å². The van der Waals surface area contributed by atoms with Gasteiger partial charge in [0.2, 0.25) is 0 Å². The Morgan fingerprint density at radius 3 is 2.77 bits per heavy atom. The van der Waals surface area contributed by atoms with E-state index >= 15 is 0 Å². The average molecular weight is 181 g/mol. The Balaban J connectivity index is 3.05. The van der Waals surface area contributed by atoms with Gasteiger partial charge in [-0.1, -0.05) is 6.07 Å². The molecule has 0 bridgehead atoms. The second-order valence-corrected chi connectivity index (χ2v) is 2.46. The van der Waals surface area contributed by atoms with Gasteiger partial charge in [-0.15, -0.1) is 0 Å². The number of hydrogen-bond donors (Lipinski definition) is 1. The lowest BCUT2D eigenvalue weighted by Crippen LogP contribution is -2.83. The highest BCUT2D eigenvalue weighted by molar-refractivity contribution is 5.87. The molecule has 1 aromatic rings. The van der Waals surface area contributed by atoms with Crippen LogP contribution in [0.25, 0.3) is 0 Å². The fourth-order valence-corrected chi connectivity index (χ4v) is 0.939. The summed E-state index contributed by atoms with van der Waals surface area (Å²) >= 11 is 0. The van der Waals surface area contributed by atoms with Crippen molar-refractivity contribution in [1.82, 2.24) is 0 Å². The third-order valence-corrected chi connectivity index (χ3v) is 1.60. The van der Waals surface area contributed by atoms with Gasteiger partial charge in [0.25, 0.3) is 5.69 Å². The summed E-state index contributed by atoms with van der Waals surface area (Å²) in [5.74, 6) is -0.205. The molecule has 0 aliphatic rings. The predicted octanol–water partition coefficient (Wildman–Crippen LogP) is -0.0718. The van der Waals surface area contributed by atoms with Gasteiger partial charge in [-0.2, -0.15) is 0 Å². The van der Waals surface area contributed by atoms with Crippen LogP contribution in [0.2, 0.25) is 0 Å². The minimum absolute atomic E-state index is 0.0623. The van der Waals surface area contributed by atoms with Crippen LogP contribution in [0, 0.1) is 10.1 Å². The van der Waals surface area contributed by atoms with E-state index in [1.165, 1.54) is 23.5 Å². The molecule has 1 aromatic carbocycles. The van der Waals surface area contributed by atoms with Crippen LogP contribution in [0.3, 0.4) is 0 Å². The van der Waals surface area contributed by atoms with Gasteiger partial charge in [0.1, 0.15) is 0 Å². The molecule has 0 fully saturated rings. The topological polar surface area (TPSA) is 76.8 Å². The minimum Gasteiger partial charge on any atom is -0.281 e. The third-order valence-electron chi connectivity index (χ3n) is 1.60. The van der Waals surface area contributed by atoms with Crippen LogP contribution in [0.4, 0.5) is 5.69 Å². The number of hydrogen-bond acceptors (Lipinski definition) is 3. The van der Waals surface area contributed by atoms with Gasteiger partial charge in [-0.3, -0.25) is 15.4 Å². The normalized spacial score (nSPS) is 9.62. The number of nitrogens with zero attached hydrogens (tertiary/aromatic N) is 1. The molecule has 68 valence electrons. The van der Waals surface area contributed by atoms with E-state index in [2.05, 4.69) is 0 Å². The lowest BCUT2D eigenvalue weighted by molar-refractivity contribution is -0.523.